The largest absolute Gasteiger partial charge is 0.465 e. The maximum atomic E-state index is 13.4. The third kappa shape index (κ3) is 5.16. The number of anilines is 2. The molecular weight excluding hydrogens is 510 g/mol. The maximum absolute atomic E-state index is 13.4. The molecular formula is C30H29N5O3S. The summed E-state index contributed by atoms with van der Waals surface area (Å²) in [5.41, 5.74) is 8.66. The van der Waals surface area contributed by atoms with Crippen LogP contribution in [-0.4, -0.2) is 67.0 Å². The van der Waals surface area contributed by atoms with Crippen molar-refractivity contribution in [3.63, 3.8) is 0 Å². The number of hydrogen-bond acceptors (Lipinski definition) is 8. The van der Waals surface area contributed by atoms with Gasteiger partial charge < -0.3 is 20.3 Å². The number of benzene rings is 3. The quantitative estimate of drug-likeness (QED) is 0.270. The molecule has 3 heterocycles. The van der Waals surface area contributed by atoms with Crippen LogP contribution >= 0.6 is 11.3 Å². The van der Waals surface area contributed by atoms with Crippen molar-refractivity contribution in [3.05, 3.63) is 88.4 Å². The lowest BCUT2D eigenvalue weighted by molar-refractivity contribution is -0.110. The van der Waals surface area contributed by atoms with Gasteiger partial charge in [0.25, 0.3) is 5.91 Å². The molecule has 0 bridgehead atoms. The molecule has 3 aromatic carbocycles. The predicted octanol–water partition coefficient (Wildman–Crippen LogP) is 4.76. The van der Waals surface area contributed by atoms with Crippen LogP contribution in [0.2, 0.25) is 0 Å². The van der Waals surface area contributed by atoms with Gasteiger partial charge in [-0.25, -0.2) is 9.78 Å². The van der Waals surface area contributed by atoms with Crippen LogP contribution < -0.4 is 10.6 Å². The van der Waals surface area contributed by atoms with E-state index in [-0.39, 0.29) is 5.91 Å². The molecule has 4 aromatic rings. The van der Waals surface area contributed by atoms with E-state index in [1.807, 2.05) is 17.6 Å². The predicted molar refractivity (Wildman–Crippen MR) is 156 cm³/mol. The normalized spacial score (nSPS) is 17.1. The molecule has 0 saturated carbocycles. The molecule has 9 heteroatoms. The number of fused-ring (bicyclic) bond motifs is 2. The molecule has 0 aliphatic carbocycles. The Morgan fingerprint density at radius 1 is 1.03 bits per heavy atom. The Bertz CT molecular complexity index is 1590. The van der Waals surface area contributed by atoms with Crippen LogP contribution in [0.1, 0.15) is 27.0 Å². The average molecular weight is 540 g/mol. The first-order valence-electron chi connectivity index (χ1n) is 12.9. The fourth-order valence-corrected chi connectivity index (χ4v) is 5.77. The van der Waals surface area contributed by atoms with E-state index in [0.29, 0.717) is 22.5 Å². The van der Waals surface area contributed by atoms with Gasteiger partial charge in [0, 0.05) is 49.5 Å². The van der Waals surface area contributed by atoms with E-state index in [1.54, 1.807) is 29.5 Å². The molecule has 1 aromatic heterocycles. The number of rotatable bonds is 6. The van der Waals surface area contributed by atoms with Gasteiger partial charge in [-0.05, 0) is 49.0 Å². The number of nitrogens with zero attached hydrogens (tertiary/aromatic N) is 3. The van der Waals surface area contributed by atoms with Crippen molar-refractivity contribution in [2.75, 3.05) is 51.0 Å². The van der Waals surface area contributed by atoms with Gasteiger partial charge in [-0.3, -0.25) is 9.69 Å². The van der Waals surface area contributed by atoms with Gasteiger partial charge in [-0.15, -0.1) is 11.3 Å². The Morgan fingerprint density at radius 2 is 1.79 bits per heavy atom. The minimum Gasteiger partial charge on any atom is -0.465 e. The Kier molecular flexibility index (Phi) is 6.86. The molecule has 1 saturated heterocycles. The van der Waals surface area contributed by atoms with Crippen molar-refractivity contribution in [1.29, 1.82) is 0 Å². The Morgan fingerprint density at radius 3 is 2.56 bits per heavy atom. The Hall–Kier alpha value is -4.05. The van der Waals surface area contributed by atoms with Crippen molar-refractivity contribution in [2.45, 2.75) is 6.54 Å². The van der Waals surface area contributed by atoms with Crippen LogP contribution in [0.3, 0.4) is 0 Å². The van der Waals surface area contributed by atoms with Crippen LogP contribution in [0.5, 0.6) is 0 Å². The zero-order valence-corrected chi connectivity index (χ0v) is 22.7. The Balaban J connectivity index is 1.36. The highest BCUT2D eigenvalue weighted by Crippen LogP contribution is 2.39. The summed E-state index contributed by atoms with van der Waals surface area (Å²) in [6.07, 6.45) is 0. The monoisotopic (exact) mass is 539 g/mol. The van der Waals surface area contributed by atoms with Crippen LogP contribution in [0.25, 0.3) is 21.5 Å². The highest BCUT2D eigenvalue weighted by molar-refractivity contribution is 7.16. The number of piperazine rings is 1. The lowest BCUT2D eigenvalue weighted by atomic mass is 9.98. The summed E-state index contributed by atoms with van der Waals surface area (Å²) >= 11 is 1.56. The molecule has 2 N–H and O–H groups in total. The second-order valence-corrected chi connectivity index (χ2v) is 10.8. The van der Waals surface area contributed by atoms with Gasteiger partial charge in [0.2, 0.25) is 0 Å². The van der Waals surface area contributed by atoms with E-state index < -0.39 is 5.97 Å². The number of carbonyl (C=O) groups is 2. The number of thiazole rings is 1. The number of amides is 1. The molecule has 0 spiro atoms. The number of methoxy groups -OCH3 is 1. The molecule has 1 fully saturated rings. The van der Waals surface area contributed by atoms with Gasteiger partial charge in [-0.1, -0.05) is 24.3 Å². The minimum atomic E-state index is -0.449. The Labute approximate surface area is 230 Å². The van der Waals surface area contributed by atoms with Crippen LogP contribution in [0, 0.1) is 0 Å². The highest BCUT2D eigenvalue weighted by Gasteiger charge is 2.29. The fraction of sp³-hybridized carbons (Fsp3) is 0.233. The number of likely N-dealkylation sites (N-methyl/N-ethyl adjacent to an activating group) is 1. The molecule has 0 unspecified atom stereocenters. The number of hydrogen-bond donors (Lipinski definition) is 2. The highest BCUT2D eigenvalue weighted by atomic mass is 32.1. The number of carbonyl (C=O) groups excluding carboxylic acids is 2. The zero-order valence-electron chi connectivity index (χ0n) is 21.9. The second kappa shape index (κ2) is 10.6. The number of aromatic nitrogens is 1. The lowest BCUT2D eigenvalue weighted by Gasteiger charge is -2.32. The van der Waals surface area contributed by atoms with E-state index in [2.05, 4.69) is 62.8 Å². The third-order valence-electron chi connectivity index (χ3n) is 7.28. The van der Waals surface area contributed by atoms with Crippen LogP contribution in [0.15, 0.2) is 66.2 Å². The first-order valence-corrected chi connectivity index (χ1v) is 13.8. The molecule has 2 aliphatic rings. The molecule has 39 heavy (non-hydrogen) atoms. The van der Waals surface area contributed by atoms with Crippen molar-refractivity contribution in [2.24, 2.45) is 0 Å². The molecule has 2 aliphatic heterocycles. The number of ether oxygens (including phenoxy) is 1. The standard InChI is InChI=1S/C30H29N5O3S/c1-34-11-13-35(14-12-34)17-19-3-7-22(8-4-19)32-28(20-6-10-24-26(16-20)39-18-31-24)27-23-9-5-21(30(37)38-2)15-25(23)33-29(27)36/h3-10,15-16,18,32H,11-14,17H2,1-2H3,(H,33,36)/b28-27-. The van der Waals surface area contributed by atoms with Gasteiger partial charge in [0.1, 0.15) is 0 Å². The second-order valence-electron chi connectivity index (χ2n) is 9.89. The van der Waals surface area contributed by atoms with Gasteiger partial charge >= 0.3 is 5.97 Å². The van der Waals surface area contributed by atoms with Crippen molar-refractivity contribution < 1.29 is 14.3 Å². The summed E-state index contributed by atoms with van der Waals surface area (Å²) in [6.45, 7) is 5.23. The van der Waals surface area contributed by atoms with E-state index in [9.17, 15) is 9.59 Å². The molecule has 0 atom stereocenters. The van der Waals surface area contributed by atoms with Crippen molar-refractivity contribution in [1.82, 2.24) is 14.8 Å². The number of nitrogens with one attached hydrogen (secondary N) is 2. The van der Waals surface area contributed by atoms with Gasteiger partial charge in [0.05, 0.1) is 45.4 Å². The minimum absolute atomic E-state index is 0.231. The van der Waals surface area contributed by atoms with E-state index in [1.165, 1.54) is 12.7 Å². The average Bonchev–Trinajstić information content (AvgIpc) is 3.56. The van der Waals surface area contributed by atoms with E-state index in [0.717, 1.165) is 59.8 Å². The summed E-state index contributed by atoms with van der Waals surface area (Å²) in [5.74, 6) is -0.680. The van der Waals surface area contributed by atoms with Crippen LogP contribution in [-0.2, 0) is 16.1 Å². The zero-order chi connectivity index (χ0) is 26.9. The smallest absolute Gasteiger partial charge is 0.337 e. The van der Waals surface area contributed by atoms with Crippen molar-refractivity contribution >= 4 is 56.1 Å². The molecule has 0 radical (unpaired) electrons. The molecule has 8 nitrogen and oxygen atoms in total. The van der Waals surface area contributed by atoms with Crippen molar-refractivity contribution in [3.8, 4) is 0 Å². The summed E-state index contributed by atoms with van der Waals surface area (Å²) in [6, 6.07) is 19.5. The molecule has 198 valence electrons. The summed E-state index contributed by atoms with van der Waals surface area (Å²) in [5, 5.41) is 6.47. The SMILES string of the molecule is COC(=O)c1ccc2c(c1)NC(=O)/C2=C(\Nc1ccc(CN2CCN(C)CC2)cc1)c1ccc2ncsc2c1. The lowest BCUT2D eigenvalue weighted by Crippen LogP contribution is -2.43. The summed E-state index contributed by atoms with van der Waals surface area (Å²) in [4.78, 5) is 34.7. The fourth-order valence-electron chi connectivity index (χ4n) is 5.06. The van der Waals surface area contributed by atoms with Gasteiger partial charge in [0.15, 0.2) is 0 Å². The molecule has 6 rings (SSSR count). The maximum Gasteiger partial charge on any atom is 0.337 e. The van der Waals surface area contributed by atoms with E-state index in [4.69, 9.17) is 4.74 Å². The third-order valence-corrected chi connectivity index (χ3v) is 8.07. The van der Waals surface area contributed by atoms with Gasteiger partial charge in [-0.2, -0.15) is 0 Å². The first kappa shape index (κ1) is 25.2. The topological polar surface area (TPSA) is 86.8 Å². The summed E-state index contributed by atoms with van der Waals surface area (Å²) < 4.78 is 5.89. The number of esters is 1. The first-order chi connectivity index (χ1) is 19.0. The molecule has 1 amide bonds. The summed E-state index contributed by atoms with van der Waals surface area (Å²) in [7, 11) is 3.51. The van der Waals surface area contributed by atoms with Crippen LogP contribution in [0.4, 0.5) is 11.4 Å². The van der Waals surface area contributed by atoms with E-state index >= 15 is 0 Å².